The largest absolute Gasteiger partial charge is 0.381 e. The van der Waals surface area contributed by atoms with E-state index in [1.165, 1.54) is 12.8 Å². The molecule has 1 amide bonds. The minimum absolute atomic E-state index is 0.190. The summed E-state index contributed by atoms with van der Waals surface area (Å²) in [7, 11) is 1.84. The highest BCUT2D eigenvalue weighted by molar-refractivity contribution is 5.77. The number of carbonyl (C=O) groups is 2. The molecule has 2 aliphatic rings. The Labute approximate surface area is 135 Å². The summed E-state index contributed by atoms with van der Waals surface area (Å²) < 4.78 is 4.94. The zero-order chi connectivity index (χ0) is 17.4. The van der Waals surface area contributed by atoms with Crippen molar-refractivity contribution in [3.8, 4) is 6.07 Å². The molecule has 2 saturated heterocycles. The molecular formula is C17H32N2O3. The lowest BCUT2D eigenvalue weighted by atomic mass is 10.3. The van der Waals surface area contributed by atoms with E-state index in [0.717, 1.165) is 32.6 Å². The number of Topliss-reactive ketones (excluding diaryl/α,β-unsaturated/α-hetero) is 1. The zero-order valence-corrected chi connectivity index (χ0v) is 14.9. The van der Waals surface area contributed by atoms with E-state index in [1.54, 1.807) is 11.8 Å². The summed E-state index contributed by atoms with van der Waals surface area (Å²) in [6.07, 6.45) is 5.03. The molecule has 2 heterocycles. The summed E-state index contributed by atoms with van der Waals surface area (Å²) >= 11 is 0. The fourth-order valence-corrected chi connectivity index (χ4v) is 1.29. The smallest absolute Gasteiger partial charge is 0.222 e. The highest BCUT2D eigenvalue weighted by atomic mass is 16.5. The maximum Gasteiger partial charge on any atom is 0.222 e. The zero-order valence-electron chi connectivity index (χ0n) is 14.9. The average molecular weight is 312 g/mol. The van der Waals surface area contributed by atoms with Crippen LogP contribution in [0, 0.1) is 17.2 Å². The van der Waals surface area contributed by atoms with Crippen LogP contribution in [0.4, 0.5) is 0 Å². The van der Waals surface area contributed by atoms with E-state index in [1.807, 2.05) is 33.9 Å². The quantitative estimate of drug-likeness (QED) is 0.745. The van der Waals surface area contributed by atoms with Crippen LogP contribution in [0.15, 0.2) is 0 Å². The number of likely N-dealkylation sites (tertiary alicyclic amines) is 1. The maximum absolute atomic E-state index is 10.5. The number of ether oxygens (including phenoxy) is 1. The van der Waals surface area contributed by atoms with E-state index < -0.39 is 0 Å². The van der Waals surface area contributed by atoms with Crippen molar-refractivity contribution in [3.63, 3.8) is 0 Å². The standard InChI is InChI=1S/C5H9NO.C4H7N.2C4H8O/c1-6-4-2-3-5(6)7;1-4(2)3-5;1-2-4-5-3-1;1-3-4(2)5/h2-4H2,1H3;4H,1-2H3;1-4H2;3H2,1-2H3. The molecule has 0 unspecified atom stereocenters. The van der Waals surface area contributed by atoms with Crippen molar-refractivity contribution >= 4 is 11.7 Å². The molecular weight excluding hydrogens is 280 g/mol. The Morgan fingerprint density at radius 2 is 1.77 bits per heavy atom. The third-order valence-electron chi connectivity index (χ3n) is 2.89. The van der Waals surface area contributed by atoms with Crippen LogP contribution in [0.2, 0.25) is 0 Å². The molecule has 0 N–H and O–H groups in total. The Morgan fingerprint density at radius 3 is 1.86 bits per heavy atom. The number of ketones is 1. The number of nitrogens with zero attached hydrogens (tertiary/aromatic N) is 2. The molecule has 5 heteroatoms. The van der Waals surface area contributed by atoms with E-state index in [-0.39, 0.29) is 11.7 Å². The van der Waals surface area contributed by atoms with Crippen molar-refractivity contribution in [2.45, 2.75) is 59.8 Å². The van der Waals surface area contributed by atoms with Gasteiger partial charge in [-0.25, -0.2) is 0 Å². The third-order valence-corrected chi connectivity index (χ3v) is 2.89. The second-order valence-electron chi connectivity index (χ2n) is 5.58. The summed E-state index contributed by atoms with van der Waals surface area (Å²) in [6, 6.07) is 2.03. The van der Waals surface area contributed by atoms with Crippen LogP contribution in [0.3, 0.4) is 0 Å². The minimum Gasteiger partial charge on any atom is -0.381 e. The van der Waals surface area contributed by atoms with Gasteiger partial charge in [0.25, 0.3) is 0 Å². The van der Waals surface area contributed by atoms with Gasteiger partial charge >= 0.3 is 0 Å². The number of rotatable bonds is 1. The van der Waals surface area contributed by atoms with Crippen LogP contribution in [-0.2, 0) is 14.3 Å². The van der Waals surface area contributed by atoms with Crippen LogP contribution in [0.25, 0.3) is 0 Å². The van der Waals surface area contributed by atoms with Gasteiger partial charge in [0.15, 0.2) is 0 Å². The second-order valence-corrected chi connectivity index (χ2v) is 5.58. The highest BCUT2D eigenvalue weighted by Crippen LogP contribution is 2.04. The van der Waals surface area contributed by atoms with Crippen LogP contribution in [-0.4, -0.2) is 43.4 Å². The van der Waals surface area contributed by atoms with Gasteiger partial charge in [0.05, 0.1) is 6.07 Å². The topological polar surface area (TPSA) is 70.4 Å². The van der Waals surface area contributed by atoms with E-state index >= 15 is 0 Å². The molecule has 0 spiro atoms. The van der Waals surface area contributed by atoms with Crippen LogP contribution in [0.5, 0.6) is 0 Å². The molecule has 0 aromatic carbocycles. The first-order chi connectivity index (χ1) is 10.3. The van der Waals surface area contributed by atoms with E-state index in [4.69, 9.17) is 10.00 Å². The number of amides is 1. The second kappa shape index (κ2) is 16.0. The monoisotopic (exact) mass is 312 g/mol. The Balaban J connectivity index is 0. The lowest BCUT2D eigenvalue weighted by Crippen LogP contribution is -2.17. The summed E-state index contributed by atoms with van der Waals surface area (Å²) in [4.78, 5) is 22.1. The summed E-state index contributed by atoms with van der Waals surface area (Å²) in [5.41, 5.74) is 0. The molecule has 128 valence electrons. The molecule has 0 aromatic rings. The first-order valence-corrected chi connectivity index (χ1v) is 8.05. The molecule has 0 radical (unpaired) electrons. The fraction of sp³-hybridized carbons (Fsp3) is 0.824. The number of hydrogen-bond donors (Lipinski definition) is 0. The normalized spacial score (nSPS) is 15.7. The van der Waals surface area contributed by atoms with Crippen LogP contribution < -0.4 is 0 Å². The van der Waals surface area contributed by atoms with Crippen LogP contribution >= 0.6 is 0 Å². The number of nitriles is 1. The van der Waals surface area contributed by atoms with Gasteiger partial charge in [0, 0.05) is 45.6 Å². The predicted octanol–water partition coefficient (Wildman–Crippen LogP) is 3.19. The Bertz CT molecular complexity index is 324. The molecule has 0 aliphatic carbocycles. The van der Waals surface area contributed by atoms with E-state index in [2.05, 4.69) is 0 Å². The van der Waals surface area contributed by atoms with Gasteiger partial charge in [-0.05, 0) is 40.0 Å². The van der Waals surface area contributed by atoms with Gasteiger partial charge in [-0.3, -0.25) is 4.79 Å². The molecule has 2 aliphatic heterocycles. The molecule has 2 rings (SSSR count). The summed E-state index contributed by atoms with van der Waals surface area (Å²) in [5.74, 6) is 0.736. The maximum atomic E-state index is 10.5. The van der Waals surface area contributed by atoms with Crippen molar-refractivity contribution in [1.29, 1.82) is 5.26 Å². The van der Waals surface area contributed by atoms with Gasteiger partial charge in [-0.1, -0.05) is 6.92 Å². The first kappa shape index (κ1) is 22.9. The van der Waals surface area contributed by atoms with Gasteiger partial charge in [-0.15, -0.1) is 0 Å². The van der Waals surface area contributed by atoms with Crippen molar-refractivity contribution in [1.82, 2.24) is 4.90 Å². The van der Waals surface area contributed by atoms with Gasteiger partial charge < -0.3 is 14.4 Å². The molecule has 0 aromatic heterocycles. The van der Waals surface area contributed by atoms with Gasteiger partial charge in [0.2, 0.25) is 5.91 Å². The average Bonchev–Trinajstić information content (AvgIpc) is 3.16. The third kappa shape index (κ3) is 18.6. The highest BCUT2D eigenvalue weighted by Gasteiger charge is 2.14. The Morgan fingerprint density at radius 1 is 1.32 bits per heavy atom. The molecule has 0 saturated carbocycles. The molecule has 0 atom stereocenters. The molecule has 0 bridgehead atoms. The number of carbonyl (C=O) groups excluding carboxylic acids is 2. The first-order valence-electron chi connectivity index (χ1n) is 8.05. The number of hydrogen-bond acceptors (Lipinski definition) is 4. The van der Waals surface area contributed by atoms with E-state index in [9.17, 15) is 9.59 Å². The van der Waals surface area contributed by atoms with Crippen molar-refractivity contribution in [2.24, 2.45) is 5.92 Å². The van der Waals surface area contributed by atoms with Gasteiger partial charge in [0.1, 0.15) is 5.78 Å². The van der Waals surface area contributed by atoms with Crippen LogP contribution in [0.1, 0.15) is 59.8 Å². The van der Waals surface area contributed by atoms with E-state index in [0.29, 0.717) is 12.3 Å². The lowest BCUT2D eigenvalue weighted by Gasteiger charge is -2.03. The summed E-state index contributed by atoms with van der Waals surface area (Å²) in [6.45, 7) is 10.1. The summed E-state index contributed by atoms with van der Waals surface area (Å²) in [5, 5.41) is 7.89. The molecule has 22 heavy (non-hydrogen) atoms. The minimum atomic E-state index is 0.190. The SMILES string of the molecule is C1CCOC1.CC(C)C#N.CCC(C)=O.CN1CCCC1=O. The molecule has 2 fully saturated rings. The lowest BCUT2D eigenvalue weighted by molar-refractivity contribution is -0.126. The van der Waals surface area contributed by atoms with Crippen molar-refractivity contribution < 1.29 is 14.3 Å². The predicted molar refractivity (Wildman–Crippen MR) is 88.3 cm³/mol. The van der Waals surface area contributed by atoms with Crippen molar-refractivity contribution in [3.05, 3.63) is 0 Å². The molecule has 5 nitrogen and oxygen atoms in total. The Kier molecular flexibility index (Phi) is 16.6. The fourth-order valence-electron chi connectivity index (χ4n) is 1.29. The van der Waals surface area contributed by atoms with Crippen molar-refractivity contribution in [2.75, 3.05) is 26.8 Å². The van der Waals surface area contributed by atoms with Gasteiger partial charge in [-0.2, -0.15) is 5.26 Å². The Hall–Kier alpha value is -1.41.